The van der Waals surface area contributed by atoms with Gasteiger partial charge in [0.05, 0.1) is 33.7 Å². The number of amides is 3. The number of thioether (sulfide) groups is 1. The van der Waals surface area contributed by atoms with Crippen LogP contribution in [0.25, 0.3) is 0 Å². The standard InChI is InChI=1S/C31H26N4O9S3/c1-2-43-30(39)16-7-11-18(12-8-16)35-28(37)24-23(25-27(34-31(40)46-25)45-26(24)29(35)38)20-5-3-4-6-21(20)44-15-22(36)33-17-9-13-19(14-10-17)47(32,41)42/h3-14,23-24,26H,2,15H2,1H3,(H,33,36)(H,34,40)(H2,32,41,42)/t23-,24-,26+/m0/s1. The van der Waals surface area contributed by atoms with Crippen molar-refractivity contribution in [1.82, 2.24) is 4.98 Å². The molecule has 1 saturated heterocycles. The van der Waals surface area contributed by atoms with E-state index in [1.165, 1.54) is 48.5 Å². The number of hydrogen-bond donors (Lipinski definition) is 3. The van der Waals surface area contributed by atoms with E-state index in [9.17, 15) is 32.4 Å². The fourth-order valence-electron chi connectivity index (χ4n) is 5.50. The largest absolute Gasteiger partial charge is 0.483 e. The maximum atomic E-state index is 14.1. The zero-order chi connectivity index (χ0) is 33.5. The van der Waals surface area contributed by atoms with E-state index in [1.54, 1.807) is 31.2 Å². The van der Waals surface area contributed by atoms with Gasteiger partial charge in [0.15, 0.2) is 6.61 Å². The summed E-state index contributed by atoms with van der Waals surface area (Å²) in [7, 11) is -3.89. The number of aromatic amines is 1. The highest BCUT2D eigenvalue weighted by Crippen LogP contribution is 2.54. The fraction of sp³-hybridized carbons (Fsp3) is 0.194. The highest BCUT2D eigenvalue weighted by molar-refractivity contribution is 8.00. The highest BCUT2D eigenvalue weighted by Gasteiger charge is 2.56. The van der Waals surface area contributed by atoms with Crippen molar-refractivity contribution in [3.05, 3.63) is 98.5 Å². The molecule has 47 heavy (non-hydrogen) atoms. The van der Waals surface area contributed by atoms with Crippen LogP contribution in [0.3, 0.4) is 0 Å². The molecule has 0 spiro atoms. The van der Waals surface area contributed by atoms with Gasteiger partial charge < -0.3 is 19.8 Å². The molecule has 3 amide bonds. The van der Waals surface area contributed by atoms with Crippen molar-refractivity contribution < 1.29 is 37.1 Å². The summed E-state index contributed by atoms with van der Waals surface area (Å²) in [6.07, 6.45) is 0. The number of para-hydroxylation sites is 1. The van der Waals surface area contributed by atoms with Crippen molar-refractivity contribution in [2.24, 2.45) is 11.1 Å². The van der Waals surface area contributed by atoms with Crippen LogP contribution in [-0.2, 0) is 29.1 Å². The molecule has 16 heteroatoms. The van der Waals surface area contributed by atoms with Gasteiger partial charge in [-0.25, -0.2) is 23.3 Å². The number of nitrogens with zero attached hydrogens (tertiary/aromatic N) is 1. The number of aromatic nitrogens is 1. The van der Waals surface area contributed by atoms with E-state index in [1.807, 2.05) is 0 Å². The number of H-pyrrole nitrogens is 1. The van der Waals surface area contributed by atoms with Gasteiger partial charge in [0.1, 0.15) is 11.0 Å². The van der Waals surface area contributed by atoms with Crippen molar-refractivity contribution in [3.63, 3.8) is 0 Å². The van der Waals surface area contributed by atoms with Crippen LogP contribution in [0.1, 0.15) is 33.6 Å². The Morgan fingerprint density at radius 2 is 1.68 bits per heavy atom. The lowest BCUT2D eigenvalue weighted by Gasteiger charge is -2.30. The monoisotopic (exact) mass is 694 g/mol. The number of fused-ring (bicyclic) bond motifs is 2. The van der Waals surface area contributed by atoms with Gasteiger partial charge in [-0.15, -0.1) is 0 Å². The van der Waals surface area contributed by atoms with E-state index in [2.05, 4.69) is 10.3 Å². The van der Waals surface area contributed by atoms with Crippen LogP contribution < -0.4 is 25.0 Å². The Labute approximate surface area is 276 Å². The number of anilines is 2. The third-order valence-corrected chi connectivity index (χ3v) is 10.9. The van der Waals surface area contributed by atoms with Crippen LogP contribution in [0.2, 0.25) is 0 Å². The number of hydrogen-bond acceptors (Lipinski definition) is 11. The van der Waals surface area contributed by atoms with Gasteiger partial charge in [-0.3, -0.25) is 19.2 Å². The van der Waals surface area contributed by atoms with Crippen molar-refractivity contribution in [2.75, 3.05) is 23.4 Å². The molecule has 3 atom stereocenters. The minimum atomic E-state index is -3.89. The Morgan fingerprint density at radius 1 is 0.979 bits per heavy atom. The van der Waals surface area contributed by atoms with Crippen molar-refractivity contribution in [1.29, 1.82) is 0 Å². The maximum absolute atomic E-state index is 14.1. The van der Waals surface area contributed by atoms with Crippen molar-refractivity contribution in [3.8, 4) is 5.75 Å². The summed E-state index contributed by atoms with van der Waals surface area (Å²) in [6, 6.07) is 18.1. The first-order valence-corrected chi connectivity index (χ1v) is 17.4. The number of imide groups is 1. The summed E-state index contributed by atoms with van der Waals surface area (Å²) in [4.78, 5) is 69.3. The predicted molar refractivity (Wildman–Crippen MR) is 173 cm³/mol. The third-order valence-electron chi connectivity index (χ3n) is 7.54. The number of esters is 1. The summed E-state index contributed by atoms with van der Waals surface area (Å²) in [6.45, 7) is 1.45. The normalized spacial score (nSPS) is 18.8. The van der Waals surface area contributed by atoms with Crippen molar-refractivity contribution in [2.45, 2.75) is 28.0 Å². The number of carbonyl (C=O) groups excluding carboxylic acids is 4. The van der Waals surface area contributed by atoms with Gasteiger partial charge in [-0.05, 0) is 61.5 Å². The molecule has 0 radical (unpaired) electrons. The average Bonchev–Trinajstić information content (AvgIpc) is 3.54. The van der Waals surface area contributed by atoms with E-state index in [4.69, 9.17) is 14.6 Å². The van der Waals surface area contributed by atoms with Gasteiger partial charge >= 0.3 is 10.8 Å². The molecule has 4 aromatic rings. The summed E-state index contributed by atoms with van der Waals surface area (Å²) in [5, 5.41) is 7.35. The number of nitrogens with two attached hydrogens (primary N) is 1. The lowest BCUT2D eigenvalue weighted by atomic mass is 9.82. The SMILES string of the molecule is CCOC(=O)c1ccc(N2C(=O)[C@H]3[C@H](c4ccccc4OCC(=O)Nc4ccc(S(N)(=O)=O)cc4)c4sc(=O)[nH]c4S[C@H]3C2=O)cc1. The molecule has 242 valence electrons. The lowest BCUT2D eigenvalue weighted by molar-refractivity contribution is -0.122. The van der Waals surface area contributed by atoms with Gasteiger partial charge in [0.2, 0.25) is 21.8 Å². The maximum Gasteiger partial charge on any atom is 0.338 e. The molecular formula is C31H26N4O9S3. The van der Waals surface area contributed by atoms with Crippen LogP contribution in [0.4, 0.5) is 11.4 Å². The van der Waals surface area contributed by atoms with E-state index in [-0.39, 0.29) is 33.4 Å². The van der Waals surface area contributed by atoms with E-state index in [0.717, 1.165) is 28.0 Å². The fourth-order valence-corrected chi connectivity index (χ4v) is 8.53. The molecule has 4 N–H and O–H groups in total. The van der Waals surface area contributed by atoms with Crippen molar-refractivity contribution >= 4 is 68.2 Å². The second kappa shape index (κ2) is 12.8. The van der Waals surface area contributed by atoms with Gasteiger partial charge in [-0.1, -0.05) is 41.3 Å². The first-order chi connectivity index (χ1) is 22.5. The first kappa shape index (κ1) is 32.2. The van der Waals surface area contributed by atoms with Crippen LogP contribution in [0, 0.1) is 5.92 Å². The average molecular weight is 695 g/mol. The molecule has 2 aliphatic rings. The Morgan fingerprint density at radius 3 is 2.36 bits per heavy atom. The van der Waals surface area contributed by atoms with Crippen LogP contribution in [0.15, 0.2) is 87.5 Å². The number of carbonyl (C=O) groups is 4. The minimum absolute atomic E-state index is 0.108. The topological polar surface area (TPSA) is 195 Å². The Balaban J connectivity index is 1.27. The number of sulfonamides is 1. The summed E-state index contributed by atoms with van der Waals surface area (Å²) < 4.78 is 34.0. The molecule has 1 fully saturated rings. The van der Waals surface area contributed by atoms with E-state index in [0.29, 0.717) is 21.2 Å². The number of rotatable bonds is 9. The Hall–Kier alpha value is -4.77. The first-order valence-electron chi connectivity index (χ1n) is 14.2. The van der Waals surface area contributed by atoms with Crippen LogP contribution in [0.5, 0.6) is 5.75 Å². The zero-order valence-corrected chi connectivity index (χ0v) is 26.9. The minimum Gasteiger partial charge on any atom is -0.483 e. The second-order valence-electron chi connectivity index (χ2n) is 10.5. The number of nitrogens with one attached hydrogen (secondary N) is 2. The zero-order valence-electron chi connectivity index (χ0n) is 24.5. The molecule has 0 aliphatic carbocycles. The van der Waals surface area contributed by atoms with E-state index >= 15 is 0 Å². The number of ether oxygens (including phenoxy) is 2. The van der Waals surface area contributed by atoms with Crippen LogP contribution >= 0.6 is 23.1 Å². The second-order valence-corrected chi connectivity index (χ2v) is 14.2. The number of benzene rings is 3. The van der Waals surface area contributed by atoms with Gasteiger partial charge in [0, 0.05) is 22.0 Å². The Kier molecular flexibility index (Phi) is 8.76. The predicted octanol–water partition coefficient (Wildman–Crippen LogP) is 3.07. The lowest BCUT2D eigenvalue weighted by Crippen LogP contribution is -2.32. The molecule has 2 aliphatic heterocycles. The summed E-state index contributed by atoms with van der Waals surface area (Å²) in [5.74, 6) is -3.42. The highest BCUT2D eigenvalue weighted by atomic mass is 32.2. The molecule has 0 unspecified atom stereocenters. The third kappa shape index (κ3) is 6.32. The summed E-state index contributed by atoms with van der Waals surface area (Å²) in [5.41, 5.74) is 1.38. The molecule has 3 aromatic carbocycles. The number of primary sulfonamides is 1. The quantitative estimate of drug-likeness (QED) is 0.173. The summed E-state index contributed by atoms with van der Waals surface area (Å²) >= 11 is 2.06. The smallest absolute Gasteiger partial charge is 0.338 e. The van der Waals surface area contributed by atoms with E-state index < -0.39 is 57.4 Å². The number of thiazole rings is 1. The molecule has 6 rings (SSSR count). The molecular weight excluding hydrogens is 669 g/mol. The molecule has 0 saturated carbocycles. The van der Waals surface area contributed by atoms with Gasteiger partial charge in [-0.2, -0.15) is 0 Å². The molecule has 3 heterocycles. The molecule has 0 bridgehead atoms. The molecule has 1 aromatic heterocycles. The van der Waals surface area contributed by atoms with Gasteiger partial charge in [0.25, 0.3) is 5.91 Å². The molecule has 13 nitrogen and oxygen atoms in total. The Bertz CT molecular complexity index is 2060. The van der Waals surface area contributed by atoms with Crippen LogP contribution in [-0.4, -0.2) is 55.6 Å².